The van der Waals surface area contributed by atoms with Crippen LogP contribution in [0.1, 0.15) is 17.5 Å². The van der Waals surface area contributed by atoms with Gasteiger partial charge < -0.3 is 10.2 Å². The highest BCUT2D eigenvalue weighted by Crippen LogP contribution is 2.24. The van der Waals surface area contributed by atoms with Gasteiger partial charge in [-0.15, -0.1) is 0 Å². The fourth-order valence-corrected chi connectivity index (χ4v) is 3.82. The predicted molar refractivity (Wildman–Crippen MR) is 124 cm³/mol. The molecule has 1 fully saturated rings. The Morgan fingerprint density at radius 2 is 1.56 bits per heavy atom. The molecule has 1 aliphatic rings. The van der Waals surface area contributed by atoms with Gasteiger partial charge in [-0.1, -0.05) is 35.9 Å². The summed E-state index contributed by atoms with van der Waals surface area (Å²) in [6, 6.07) is 20.5. The first-order valence-corrected chi connectivity index (χ1v) is 10.8. The normalized spacial score (nSPS) is 13.9. The molecule has 0 atom stereocenters. The Balaban J connectivity index is 1.37. The Bertz CT molecular complexity index is 1090. The number of amides is 3. The second kappa shape index (κ2) is 9.83. The molecule has 1 saturated heterocycles. The largest absolute Gasteiger partial charge is 0.326 e. The summed E-state index contributed by atoms with van der Waals surface area (Å²) < 4.78 is 13.0. The van der Waals surface area contributed by atoms with Gasteiger partial charge in [0, 0.05) is 36.0 Å². The van der Waals surface area contributed by atoms with Gasteiger partial charge in [0.1, 0.15) is 5.82 Å². The Morgan fingerprint density at radius 3 is 2.25 bits per heavy atom. The molecule has 0 spiro atoms. The zero-order valence-electron chi connectivity index (χ0n) is 17.4. The van der Waals surface area contributed by atoms with Crippen LogP contribution in [-0.2, 0) is 17.8 Å². The zero-order chi connectivity index (χ0) is 22.5. The van der Waals surface area contributed by atoms with E-state index in [0.29, 0.717) is 30.3 Å². The lowest BCUT2D eigenvalue weighted by molar-refractivity contribution is -0.115. The second-order valence-corrected chi connectivity index (χ2v) is 8.17. The number of urea groups is 1. The summed E-state index contributed by atoms with van der Waals surface area (Å²) in [4.78, 5) is 28.9. The number of halogens is 2. The first kappa shape index (κ1) is 21.8. The van der Waals surface area contributed by atoms with Gasteiger partial charge in [0.05, 0.1) is 6.42 Å². The summed E-state index contributed by atoms with van der Waals surface area (Å²) >= 11 is 5.95. The SMILES string of the molecule is O=C(Cc1ccc(F)cc1)Nc1ccc(N2CCCN(Cc3ccc(Cl)cc3)C2=O)cc1. The minimum atomic E-state index is -0.330. The van der Waals surface area contributed by atoms with Gasteiger partial charge >= 0.3 is 6.03 Å². The molecule has 0 unspecified atom stereocenters. The molecule has 4 rings (SSSR count). The summed E-state index contributed by atoms with van der Waals surface area (Å²) in [5.41, 5.74) is 3.19. The lowest BCUT2D eigenvalue weighted by Gasteiger charge is -2.35. The van der Waals surface area contributed by atoms with Crippen molar-refractivity contribution in [2.24, 2.45) is 0 Å². The number of anilines is 2. The average Bonchev–Trinajstić information content (AvgIpc) is 2.79. The molecule has 0 saturated carbocycles. The highest BCUT2D eigenvalue weighted by molar-refractivity contribution is 6.30. The maximum absolute atomic E-state index is 13.0. The van der Waals surface area contributed by atoms with Crippen molar-refractivity contribution >= 4 is 34.9 Å². The number of benzene rings is 3. The number of nitrogens with one attached hydrogen (secondary N) is 1. The maximum atomic E-state index is 13.0. The van der Waals surface area contributed by atoms with Gasteiger partial charge in [0.2, 0.25) is 5.91 Å². The third-order valence-electron chi connectivity index (χ3n) is 5.34. The maximum Gasteiger partial charge on any atom is 0.324 e. The fraction of sp³-hybridized carbons (Fsp3) is 0.200. The van der Waals surface area contributed by atoms with E-state index in [0.717, 1.165) is 23.2 Å². The quantitative estimate of drug-likeness (QED) is 0.538. The highest BCUT2D eigenvalue weighted by Gasteiger charge is 2.26. The van der Waals surface area contributed by atoms with Crippen LogP contribution in [0.4, 0.5) is 20.6 Å². The standard InChI is InChI=1S/C25H23ClFN3O2/c26-20-6-2-19(3-7-20)17-29-14-1-15-30(25(29)32)23-12-10-22(11-13-23)28-24(31)16-18-4-8-21(27)9-5-18/h2-13H,1,14-17H2,(H,28,31). The summed E-state index contributed by atoms with van der Waals surface area (Å²) in [7, 11) is 0. The van der Waals surface area contributed by atoms with Crippen molar-refractivity contribution in [3.05, 3.63) is 94.8 Å². The molecule has 7 heteroatoms. The number of hydrogen-bond acceptors (Lipinski definition) is 2. The van der Waals surface area contributed by atoms with Gasteiger partial charge in [-0.25, -0.2) is 9.18 Å². The predicted octanol–water partition coefficient (Wildman–Crippen LogP) is 5.49. The van der Waals surface area contributed by atoms with Crippen molar-refractivity contribution in [1.29, 1.82) is 0 Å². The van der Waals surface area contributed by atoms with Crippen LogP contribution in [0.15, 0.2) is 72.8 Å². The number of rotatable bonds is 6. The lowest BCUT2D eigenvalue weighted by atomic mass is 10.1. The van der Waals surface area contributed by atoms with Crippen molar-refractivity contribution in [3.8, 4) is 0 Å². The molecular weight excluding hydrogens is 429 g/mol. The number of carbonyl (C=O) groups excluding carboxylic acids is 2. The molecule has 3 aromatic carbocycles. The Hall–Kier alpha value is -3.38. The molecule has 0 bridgehead atoms. The van der Waals surface area contributed by atoms with Crippen LogP contribution in [0.25, 0.3) is 0 Å². The Kier molecular flexibility index (Phi) is 6.71. The smallest absolute Gasteiger partial charge is 0.324 e. The summed E-state index contributed by atoms with van der Waals surface area (Å²) in [6.07, 6.45) is 1.03. The van der Waals surface area contributed by atoms with E-state index in [4.69, 9.17) is 11.6 Å². The van der Waals surface area contributed by atoms with Crippen molar-refractivity contribution < 1.29 is 14.0 Å². The van der Waals surface area contributed by atoms with Crippen LogP contribution in [0.2, 0.25) is 5.02 Å². The summed E-state index contributed by atoms with van der Waals surface area (Å²) in [5.74, 6) is -0.517. The minimum Gasteiger partial charge on any atom is -0.326 e. The van der Waals surface area contributed by atoms with E-state index in [2.05, 4.69) is 5.32 Å². The first-order chi connectivity index (χ1) is 15.5. The molecule has 3 amide bonds. The zero-order valence-corrected chi connectivity index (χ0v) is 18.2. The topological polar surface area (TPSA) is 52.7 Å². The van der Waals surface area contributed by atoms with Crippen LogP contribution < -0.4 is 10.2 Å². The summed E-state index contributed by atoms with van der Waals surface area (Å²) in [6.45, 7) is 1.88. The van der Waals surface area contributed by atoms with E-state index >= 15 is 0 Å². The molecule has 0 aromatic heterocycles. The molecule has 164 valence electrons. The number of hydrogen-bond donors (Lipinski definition) is 1. The van der Waals surface area contributed by atoms with Crippen LogP contribution in [0.3, 0.4) is 0 Å². The van der Waals surface area contributed by atoms with Crippen LogP contribution >= 0.6 is 11.6 Å². The van der Waals surface area contributed by atoms with Gasteiger partial charge in [-0.2, -0.15) is 0 Å². The number of nitrogens with zero attached hydrogens (tertiary/aromatic N) is 2. The molecule has 5 nitrogen and oxygen atoms in total. The molecule has 0 aliphatic carbocycles. The van der Waals surface area contributed by atoms with Gasteiger partial charge in [0.25, 0.3) is 0 Å². The minimum absolute atomic E-state index is 0.0423. The van der Waals surface area contributed by atoms with Crippen molar-refractivity contribution in [3.63, 3.8) is 0 Å². The monoisotopic (exact) mass is 451 g/mol. The summed E-state index contributed by atoms with van der Waals surface area (Å²) in [5, 5.41) is 3.51. The van der Waals surface area contributed by atoms with Crippen LogP contribution in [-0.4, -0.2) is 29.9 Å². The van der Waals surface area contributed by atoms with Crippen molar-refractivity contribution in [2.45, 2.75) is 19.4 Å². The van der Waals surface area contributed by atoms with Gasteiger partial charge in [-0.3, -0.25) is 9.69 Å². The molecule has 1 heterocycles. The van der Waals surface area contributed by atoms with Crippen LogP contribution in [0, 0.1) is 5.82 Å². The van der Waals surface area contributed by atoms with Crippen LogP contribution in [0.5, 0.6) is 0 Å². The average molecular weight is 452 g/mol. The fourth-order valence-electron chi connectivity index (χ4n) is 3.70. The molecule has 3 aromatic rings. The number of carbonyl (C=O) groups is 2. The van der Waals surface area contributed by atoms with Crippen molar-refractivity contribution in [1.82, 2.24) is 4.90 Å². The van der Waals surface area contributed by atoms with E-state index in [1.54, 1.807) is 29.2 Å². The van der Waals surface area contributed by atoms with Crippen molar-refractivity contribution in [2.75, 3.05) is 23.3 Å². The van der Waals surface area contributed by atoms with E-state index in [9.17, 15) is 14.0 Å². The molecular formula is C25H23ClFN3O2. The second-order valence-electron chi connectivity index (χ2n) is 7.73. The molecule has 1 N–H and O–H groups in total. The van der Waals surface area contributed by atoms with Gasteiger partial charge in [0.15, 0.2) is 0 Å². The Labute approximate surface area is 191 Å². The first-order valence-electron chi connectivity index (χ1n) is 10.4. The molecule has 1 aliphatic heterocycles. The molecule has 32 heavy (non-hydrogen) atoms. The van der Waals surface area contributed by atoms with E-state index < -0.39 is 0 Å². The third kappa shape index (κ3) is 5.45. The lowest BCUT2D eigenvalue weighted by Crippen LogP contribution is -2.49. The highest BCUT2D eigenvalue weighted by atomic mass is 35.5. The molecule has 0 radical (unpaired) electrons. The van der Waals surface area contributed by atoms with E-state index in [1.165, 1.54) is 12.1 Å². The van der Waals surface area contributed by atoms with Gasteiger partial charge in [-0.05, 0) is 66.1 Å². The third-order valence-corrected chi connectivity index (χ3v) is 5.59. The van der Waals surface area contributed by atoms with E-state index in [1.807, 2.05) is 41.3 Å². The van der Waals surface area contributed by atoms with E-state index in [-0.39, 0.29) is 24.2 Å². The Morgan fingerprint density at radius 1 is 0.906 bits per heavy atom.